The molecule has 0 radical (unpaired) electrons. The van der Waals surface area contributed by atoms with Crippen LogP contribution in [0.3, 0.4) is 0 Å². The molecule has 5 nitrogen and oxygen atoms in total. The van der Waals surface area contributed by atoms with E-state index in [4.69, 9.17) is 22.1 Å². The lowest BCUT2D eigenvalue weighted by Crippen LogP contribution is -2.00. The maximum absolute atomic E-state index is 10.6. The monoisotopic (exact) mass is 278 g/mol. The van der Waals surface area contributed by atoms with Gasteiger partial charge in [-0.3, -0.25) is 10.1 Å². The highest BCUT2D eigenvalue weighted by molar-refractivity contribution is 6.30. The molecule has 0 spiro atoms. The van der Waals surface area contributed by atoms with Crippen LogP contribution in [0.5, 0.6) is 5.75 Å². The molecule has 2 N–H and O–H groups in total. The van der Waals surface area contributed by atoms with E-state index in [1.807, 2.05) is 0 Å². The van der Waals surface area contributed by atoms with Gasteiger partial charge in [-0.25, -0.2) is 0 Å². The van der Waals surface area contributed by atoms with Crippen molar-refractivity contribution in [2.75, 3.05) is 5.73 Å². The average molecular weight is 279 g/mol. The van der Waals surface area contributed by atoms with Crippen molar-refractivity contribution >= 4 is 23.0 Å². The fourth-order valence-corrected chi connectivity index (χ4v) is 1.76. The number of nitrogens with two attached hydrogens (primary N) is 1. The highest BCUT2D eigenvalue weighted by Gasteiger charge is 2.11. The first-order valence-corrected chi connectivity index (χ1v) is 5.85. The molecule has 0 fully saturated rings. The maximum atomic E-state index is 10.6. The Morgan fingerprint density at radius 1 is 1.26 bits per heavy atom. The van der Waals surface area contributed by atoms with Gasteiger partial charge in [-0.1, -0.05) is 17.7 Å². The molecule has 0 saturated carbocycles. The highest BCUT2D eigenvalue weighted by Crippen LogP contribution is 2.23. The molecule has 2 aromatic rings. The van der Waals surface area contributed by atoms with Crippen LogP contribution in [0.25, 0.3) is 0 Å². The molecule has 98 valence electrons. The largest absolute Gasteiger partial charge is 0.489 e. The molecular formula is C13H11ClN2O3. The molecule has 0 atom stereocenters. The number of hydrogen-bond acceptors (Lipinski definition) is 4. The summed E-state index contributed by atoms with van der Waals surface area (Å²) < 4.78 is 5.52. The molecule has 2 aromatic carbocycles. The van der Waals surface area contributed by atoms with E-state index < -0.39 is 4.92 Å². The third-order valence-corrected chi connectivity index (χ3v) is 2.73. The van der Waals surface area contributed by atoms with Gasteiger partial charge in [0.05, 0.1) is 4.92 Å². The number of nitro benzene ring substituents is 1. The van der Waals surface area contributed by atoms with Crippen LogP contribution in [-0.4, -0.2) is 4.92 Å². The van der Waals surface area contributed by atoms with Crippen molar-refractivity contribution in [1.29, 1.82) is 0 Å². The zero-order chi connectivity index (χ0) is 13.8. The molecule has 2 rings (SSSR count). The third kappa shape index (κ3) is 3.35. The third-order valence-electron chi connectivity index (χ3n) is 2.49. The van der Waals surface area contributed by atoms with Gasteiger partial charge in [-0.2, -0.15) is 0 Å². The van der Waals surface area contributed by atoms with E-state index in [9.17, 15) is 10.1 Å². The van der Waals surface area contributed by atoms with Gasteiger partial charge in [-0.15, -0.1) is 0 Å². The molecule has 0 aliphatic rings. The summed E-state index contributed by atoms with van der Waals surface area (Å²) in [7, 11) is 0. The lowest BCUT2D eigenvalue weighted by molar-refractivity contribution is -0.383. The smallest absolute Gasteiger partial charge is 0.292 e. The van der Waals surface area contributed by atoms with E-state index in [0.29, 0.717) is 10.8 Å². The van der Waals surface area contributed by atoms with Crippen LogP contribution in [0.4, 0.5) is 11.4 Å². The second-order valence-electron chi connectivity index (χ2n) is 3.90. The van der Waals surface area contributed by atoms with Gasteiger partial charge in [0.2, 0.25) is 0 Å². The van der Waals surface area contributed by atoms with E-state index in [0.717, 1.165) is 5.56 Å². The zero-order valence-corrected chi connectivity index (χ0v) is 10.6. The van der Waals surface area contributed by atoms with Gasteiger partial charge in [0.15, 0.2) is 0 Å². The average Bonchev–Trinajstić information content (AvgIpc) is 2.36. The summed E-state index contributed by atoms with van der Waals surface area (Å²) >= 11 is 5.83. The van der Waals surface area contributed by atoms with Gasteiger partial charge >= 0.3 is 0 Å². The summed E-state index contributed by atoms with van der Waals surface area (Å²) in [6.45, 7) is 0.266. The van der Waals surface area contributed by atoms with Crippen molar-refractivity contribution in [2.24, 2.45) is 0 Å². The second-order valence-corrected chi connectivity index (χ2v) is 4.33. The molecule has 0 unspecified atom stereocenters. The van der Waals surface area contributed by atoms with Crippen molar-refractivity contribution in [3.63, 3.8) is 0 Å². The van der Waals surface area contributed by atoms with Crippen molar-refractivity contribution in [1.82, 2.24) is 0 Å². The van der Waals surface area contributed by atoms with E-state index in [1.54, 1.807) is 30.3 Å². The summed E-state index contributed by atoms with van der Waals surface area (Å²) in [5.74, 6) is 0.629. The summed E-state index contributed by atoms with van der Waals surface area (Å²) in [5, 5.41) is 11.2. The Morgan fingerprint density at radius 3 is 2.68 bits per heavy atom. The zero-order valence-electron chi connectivity index (χ0n) is 9.88. The van der Waals surface area contributed by atoms with Crippen molar-refractivity contribution in [3.05, 3.63) is 63.2 Å². The quantitative estimate of drug-likeness (QED) is 0.528. The molecule has 0 saturated heterocycles. The normalized spacial score (nSPS) is 10.2. The first-order chi connectivity index (χ1) is 9.06. The molecular weight excluding hydrogens is 268 g/mol. The van der Waals surface area contributed by atoms with Crippen LogP contribution < -0.4 is 10.5 Å². The van der Waals surface area contributed by atoms with Crippen LogP contribution in [-0.2, 0) is 6.61 Å². The number of hydrogen-bond donors (Lipinski definition) is 1. The van der Waals surface area contributed by atoms with Gasteiger partial charge < -0.3 is 10.5 Å². The number of ether oxygens (including phenoxy) is 1. The molecule has 0 aromatic heterocycles. The number of anilines is 1. The van der Waals surface area contributed by atoms with Crippen LogP contribution in [0.2, 0.25) is 5.02 Å². The number of benzene rings is 2. The minimum Gasteiger partial charge on any atom is -0.489 e. The minimum atomic E-state index is -0.517. The van der Waals surface area contributed by atoms with Crippen LogP contribution in [0, 0.1) is 10.1 Å². The number of nitrogens with zero attached hydrogens (tertiary/aromatic N) is 1. The molecule has 0 amide bonds. The minimum absolute atomic E-state index is 0.105. The van der Waals surface area contributed by atoms with E-state index in [2.05, 4.69) is 0 Å². The van der Waals surface area contributed by atoms with E-state index in [1.165, 1.54) is 12.1 Å². The number of rotatable bonds is 4. The topological polar surface area (TPSA) is 78.4 Å². The number of halogens is 1. The fraction of sp³-hybridized carbons (Fsp3) is 0.0769. The van der Waals surface area contributed by atoms with Gasteiger partial charge in [0, 0.05) is 11.1 Å². The predicted molar refractivity (Wildman–Crippen MR) is 73.3 cm³/mol. The summed E-state index contributed by atoms with van der Waals surface area (Å²) in [6, 6.07) is 11.5. The Labute approximate surface area is 114 Å². The number of nitrogen functional groups attached to an aromatic ring is 1. The van der Waals surface area contributed by atoms with Crippen molar-refractivity contribution < 1.29 is 9.66 Å². The fourth-order valence-electron chi connectivity index (χ4n) is 1.58. The van der Waals surface area contributed by atoms with Crippen molar-refractivity contribution in [3.8, 4) is 5.75 Å². The summed E-state index contributed by atoms with van der Waals surface area (Å²) in [6.07, 6.45) is 0. The van der Waals surface area contributed by atoms with Crippen LogP contribution in [0.1, 0.15) is 5.56 Å². The van der Waals surface area contributed by atoms with Gasteiger partial charge in [0.1, 0.15) is 18.0 Å². The van der Waals surface area contributed by atoms with Gasteiger partial charge in [0.25, 0.3) is 5.69 Å². The molecule has 0 aliphatic heterocycles. The van der Waals surface area contributed by atoms with Crippen LogP contribution in [0.15, 0.2) is 42.5 Å². The van der Waals surface area contributed by atoms with E-state index >= 15 is 0 Å². The molecule has 0 aliphatic carbocycles. The Morgan fingerprint density at radius 2 is 2.05 bits per heavy atom. The Hall–Kier alpha value is -2.27. The number of nitro groups is 1. The maximum Gasteiger partial charge on any atom is 0.292 e. The Balaban J connectivity index is 2.08. The Kier molecular flexibility index (Phi) is 3.87. The lowest BCUT2D eigenvalue weighted by Gasteiger charge is -2.07. The first-order valence-electron chi connectivity index (χ1n) is 5.47. The summed E-state index contributed by atoms with van der Waals surface area (Å²) in [4.78, 5) is 10.1. The highest BCUT2D eigenvalue weighted by atomic mass is 35.5. The molecule has 19 heavy (non-hydrogen) atoms. The summed E-state index contributed by atoms with van der Waals surface area (Å²) in [5.41, 5.74) is 6.37. The molecule has 0 bridgehead atoms. The van der Waals surface area contributed by atoms with E-state index in [-0.39, 0.29) is 18.0 Å². The SMILES string of the molecule is Nc1cc(COc2cccc(Cl)c2)ccc1[N+](=O)[O-]. The van der Waals surface area contributed by atoms with Gasteiger partial charge in [-0.05, 0) is 35.9 Å². The molecule has 6 heteroatoms. The molecule has 0 heterocycles. The predicted octanol–water partition coefficient (Wildman–Crippen LogP) is 3.41. The lowest BCUT2D eigenvalue weighted by atomic mass is 10.2. The first kappa shape index (κ1) is 13.2. The van der Waals surface area contributed by atoms with Crippen LogP contribution >= 0.6 is 11.6 Å². The Bertz CT molecular complexity index is 617. The standard InChI is InChI=1S/C13H11ClN2O3/c14-10-2-1-3-11(7-10)19-8-9-4-5-13(16(17)18)12(15)6-9/h1-7H,8,15H2. The second kappa shape index (κ2) is 5.58. The van der Waals surface area contributed by atoms with Crippen molar-refractivity contribution in [2.45, 2.75) is 6.61 Å².